The highest BCUT2D eigenvalue weighted by atomic mass is 32.2. The van der Waals surface area contributed by atoms with E-state index in [1.54, 1.807) is 24.3 Å². The lowest BCUT2D eigenvalue weighted by molar-refractivity contribution is -0.152. The van der Waals surface area contributed by atoms with Gasteiger partial charge in [-0.25, -0.2) is 13.2 Å². The van der Waals surface area contributed by atoms with Gasteiger partial charge in [-0.15, -0.1) is 0 Å². The summed E-state index contributed by atoms with van der Waals surface area (Å²) in [6.07, 6.45) is -0.603. The number of hydrogen-bond acceptors (Lipinski definition) is 7. The lowest BCUT2D eigenvalue weighted by Crippen LogP contribution is -2.46. The molecule has 0 bridgehead atoms. The number of aliphatic hydroxyl groups is 1. The molecule has 0 radical (unpaired) electrons. The summed E-state index contributed by atoms with van der Waals surface area (Å²) in [5.41, 5.74) is 6.14. The van der Waals surface area contributed by atoms with Gasteiger partial charge in [-0.05, 0) is 36.6 Å². The van der Waals surface area contributed by atoms with Gasteiger partial charge >= 0.3 is 6.09 Å². The van der Waals surface area contributed by atoms with Crippen LogP contribution in [0, 0.1) is 11.3 Å². The zero-order valence-corrected chi connectivity index (χ0v) is 18.9. The van der Waals surface area contributed by atoms with E-state index >= 15 is 0 Å². The average Bonchev–Trinajstić information content (AvgIpc) is 3.32. The highest BCUT2D eigenvalue weighted by Gasteiger charge is 2.35. The first-order valence-corrected chi connectivity index (χ1v) is 12.1. The van der Waals surface area contributed by atoms with Gasteiger partial charge in [0.05, 0.1) is 29.2 Å². The number of hydroxylamine groups is 1. The van der Waals surface area contributed by atoms with Crippen molar-refractivity contribution < 1.29 is 27.9 Å². The van der Waals surface area contributed by atoms with Gasteiger partial charge in [0.2, 0.25) is 0 Å². The zero-order chi connectivity index (χ0) is 23.8. The molecule has 0 aromatic heterocycles. The predicted molar refractivity (Wildman–Crippen MR) is 119 cm³/mol. The van der Waals surface area contributed by atoms with E-state index in [1.807, 2.05) is 12.1 Å². The first-order valence-electron chi connectivity index (χ1n) is 10.7. The van der Waals surface area contributed by atoms with Crippen molar-refractivity contribution in [1.29, 1.82) is 5.26 Å². The Kier molecular flexibility index (Phi) is 8.41. The number of nitrogens with two attached hydrogens (primary N) is 1. The Morgan fingerprint density at radius 1 is 1.18 bits per heavy atom. The summed E-state index contributed by atoms with van der Waals surface area (Å²) in [6, 6.07) is 16.5. The van der Waals surface area contributed by atoms with Crippen molar-refractivity contribution in [3.8, 4) is 6.07 Å². The molecule has 1 saturated carbocycles. The van der Waals surface area contributed by atoms with E-state index < -0.39 is 34.9 Å². The quantitative estimate of drug-likeness (QED) is 0.505. The van der Waals surface area contributed by atoms with Crippen molar-refractivity contribution in [2.75, 3.05) is 6.54 Å². The molecule has 0 saturated heterocycles. The van der Waals surface area contributed by atoms with Crippen LogP contribution >= 0.6 is 0 Å². The van der Waals surface area contributed by atoms with Crippen LogP contribution in [-0.4, -0.2) is 48.9 Å². The van der Waals surface area contributed by atoms with Crippen LogP contribution in [0.5, 0.6) is 0 Å². The molecule has 2 aromatic carbocycles. The molecule has 0 heterocycles. The number of carbonyl (C=O) groups excluding carboxylic acids is 1. The molecule has 0 spiro atoms. The Bertz CT molecular complexity index is 1080. The Morgan fingerprint density at radius 3 is 2.52 bits per heavy atom. The molecule has 1 aliphatic carbocycles. The second kappa shape index (κ2) is 11.2. The van der Waals surface area contributed by atoms with Crippen LogP contribution in [-0.2, 0) is 26.0 Å². The minimum atomic E-state index is -4.22. The molecule has 33 heavy (non-hydrogen) atoms. The van der Waals surface area contributed by atoms with E-state index in [4.69, 9.17) is 20.6 Å². The number of benzene rings is 2. The molecule has 9 nitrogen and oxygen atoms in total. The Balaban J connectivity index is 1.87. The largest absolute Gasteiger partial charge is 0.443 e. The molecular formula is C23H27N3O6S. The van der Waals surface area contributed by atoms with Crippen molar-refractivity contribution in [2.45, 2.75) is 55.3 Å². The second-order valence-electron chi connectivity index (χ2n) is 7.87. The van der Waals surface area contributed by atoms with Gasteiger partial charge in [0.1, 0.15) is 12.2 Å². The number of nitrogens with zero attached hydrogens (tertiary/aromatic N) is 2. The molecule has 1 fully saturated rings. The van der Waals surface area contributed by atoms with Gasteiger partial charge in [-0.1, -0.05) is 53.7 Å². The second-order valence-corrected chi connectivity index (χ2v) is 9.70. The van der Waals surface area contributed by atoms with Crippen LogP contribution in [0.15, 0.2) is 59.5 Å². The summed E-state index contributed by atoms with van der Waals surface area (Å²) in [4.78, 5) is 17.1. The smallest absolute Gasteiger partial charge is 0.404 e. The minimum absolute atomic E-state index is 0.131. The molecule has 1 aliphatic rings. The highest BCUT2D eigenvalue weighted by molar-refractivity contribution is 7.89. The average molecular weight is 474 g/mol. The number of hydrogen-bond donors (Lipinski definition) is 2. The van der Waals surface area contributed by atoms with Crippen LogP contribution in [0.25, 0.3) is 0 Å². The fraction of sp³-hybridized carbons (Fsp3) is 0.391. The Labute approximate surface area is 193 Å². The Hall–Kier alpha value is -2.97. The number of carbonyl (C=O) groups is 1. The van der Waals surface area contributed by atoms with Crippen LogP contribution in [0.4, 0.5) is 4.79 Å². The third-order valence-electron chi connectivity index (χ3n) is 5.41. The van der Waals surface area contributed by atoms with Crippen LogP contribution in [0.1, 0.15) is 36.8 Å². The molecular weight excluding hydrogens is 446 g/mol. The Morgan fingerprint density at radius 2 is 1.88 bits per heavy atom. The molecule has 2 aromatic rings. The van der Waals surface area contributed by atoms with E-state index in [9.17, 15) is 18.3 Å². The minimum Gasteiger partial charge on any atom is -0.443 e. The zero-order valence-electron chi connectivity index (χ0n) is 18.0. The topological polar surface area (TPSA) is 143 Å². The number of nitriles is 1. The summed E-state index contributed by atoms with van der Waals surface area (Å²) in [5.74, 6) is 0. The molecule has 176 valence electrons. The van der Waals surface area contributed by atoms with Crippen molar-refractivity contribution in [3.63, 3.8) is 0 Å². The fourth-order valence-electron chi connectivity index (χ4n) is 3.72. The number of rotatable bonds is 10. The number of aliphatic hydroxyl groups excluding tert-OH is 1. The van der Waals surface area contributed by atoms with Gasteiger partial charge in [0.15, 0.2) is 0 Å². The number of ether oxygens (including phenoxy) is 1. The molecule has 0 aliphatic heterocycles. The lowest BCUT2D eigenvalue weighted by Gasteiger charge is -2.29. The van der Waals surface area contributed by atoms with Gasteiger partial charge in [0, 0.05) is 6.42 Å². The summed E-state index contributed by atoms with van der Waals surface area (Å²) in [5, 5.41) is 20.1. The summed E-state index contributed by atoms with van der Waals surface area (Å²) >= 11 is 0. The third kappa shape index (κ3) is 6.76. The first kappa shape index (κ1) is 24.7. The van der Waals surface area contributed by atoms with Gasteiger partial charge in [-0.3, -0.25) is 4.84 Å². The summed E-state index contributed by atoms with van der Waals surface area (Å²) in [6.45, 7) is -0.486. The molecule has 3 N–H and O–H groups in total. The fourth-order valence-corrected chi connectivity index (χ4v) is 5.07. The number of sulfonamides is 1. The highest BCUT2D eigenvalue weighted by Crippen LogP contribution is 2.26. The van der Waals surface area contributed by atoms with Crippen molar-refractivity contribution in [2.24, 2.45) is 5.73 Å². The SMILES string of the molecule is N#Cc1cccc(S(=O)(=O)N(CC(O)C(Cc2ccccc2)OC(N)=O)OC2CCCC2)c1. The standard InChI is InChI=1S/C23H27N3O6S/c24-15-18-9-6-12-20(13-18)33(29,30)26(32-19-10-4-5-11-19)16-21(27)22(31-23(25)28)14-17-7-2-1-3-8-17/h1-3,6-9,12-13,19,21-22,27H,4-5,10-11,14,16H2,(H2,25,28). The van der Waals surface area contributed by atoms with Gasteiger partial charge < -0.3 is 15.6 Å². The monoisotopic (exact) mass is 473 g/mol. The number of primary amides is 1. The molecule has 10 heteroatoms. The molecule has 3 rings (SSSR count). The van der Waals surface area contributed by atoms with Gasteiger partial charge in [-0.2, -0.15) is 5.26 Å². The van der Waals surface area contributed by atoms with Crippen molar-refractivity contribution in [1.82, 2.24) is 4.47 Å². The third-order valence-corrected chi connectivity index (χ3v) is 7.03. The summed E-state index contributed by atoms with van der Waals surface area (Å²) < 4.78 is 32.6. The maximum atomic E-state index is 13.4. The van der Waals surface area contributed by atoms with Crippen LogP contribution < -0.4 is 5.73 Å². The van der Waals surface area contributed by atoms with E-state index in [0.29, 0.717) is 12.8 Å². The predicted octanol–water partition coefficient (Wildman–Crippen LogP) is 2.49. The molecule has 2 unspecified atom stereocenters. The van der Waals surface area contributed by atoms with E-state index in [1.165, 1.54) is 24.3 Å². The van der Waals surface area contributed by atoms with Crippen LogP contribution in [0.3, 0.4) is 0 Å². The van der Waals surface area contributed by atoms with Crippen molar-refractivity contribution in [3.05, 3.63) is 65.7 Å². The number of amides is 1. The van der Waals surface area contributed by atoms with E-state index in [0.717, 1.165) is 22.9 Å². The van der Waals surface area contributed by atoms with E-state index in [2.05, 4.69) is 0 Å². The lowest BCUT2D eigenvalue weighted by atomic mass is 10.0. The first-order chi connectivity index (χ1) is 15.8. The van der Waals surface area contributed by atoms with E-state index in [-0.39, 0.29) is 23.0 Å². The van der Waals surface area contributed by atoms with Gasteiger partial charge in [0.25, 0.3) is 10.0 Å². The van der Waals surface area contributed by atoms with Crippen molar-refractivity contribution >= 4 is 16.1 Å². The summed E-state index contributed by atoms with van der Waals surface area (Å²) in [7, 11) is -4.22. The molecule has 1 amide bonds. The van der Waals surface area contributed by atoms with Crippen LogP contribution in [0.2, 0.25) is 0 Å². The normalized spacial score (nSPS) is 16.3. The maximum absolute atomic E-state index is 13.4. The maximum Gasteiger partial charge on any atom is 0.404 e. The molecule has 2 atom stereocenters.